The zero-order valence-electron chi connectivity index (χ0n) is 9.52. The lowest BCUT2D eigenvalue weighted by Gasteiger charge is -2.34. The molecule has 0 aromatic heterocycles. The fourth-order valence-electron chi connectivity index (χ4n) is 3.40. The van der Waals surface area contributed by atoms with E-state index in [4.69, 9.17) is 9.84 Å². The second-order valence-electron chi connectivity index (χ2n) is 5.00. The number of carbonyl (C=O) groups excluding carboxylic acids is 1. The van der Waals surface area contributed by atoms with Gasteiger partial charge in [-0.05, 0) is 24.7 Å². The average Bonchev–Trinajstić information content (AvgIpc) is 2.73. The van der Waals surface area contributed by atoms with Crippen LogP contribution in [-0.2, 0) is 14.3 Å². The predicted octanol–water partition coefficient (Wildman–Crippen LogP) is 1.69. The van der Waals surface area contributed by atoms with Crippen LogP contribution in [0.1, 0.15) is 32.1 Å². The molecule has 90 valence electrons. The first kappa shape index (κ1) is 11.4. The number of aliphatic carboxylic acids is 1. The summed E-state index contributed by atoms with van der Waals surface area (Å²) in [6.45, 7) is 0. The molecule has 4 nitrogen and oxygen atoms in total. The zero-order valence-corrected chi connectivity index (χ0v) is 9.52. The Balaban J connectivity index is 2.14. The summed E-state index contributed by atoms with van der Waals surface area (Å²) < 4.78 is 4.72. The third-order valence-corrected chi connectivity index (χ3v) is 4.24. The summed E-state index contributed by atoms with van der Waals surface area (Å²) in [5.41, 5.74) is 0. The predicted molar refractivity (Wildman–Crippen MR) is 56.7 cm³/mol. The topological polar surface area (TPSA) is 63.6 Å². The highest BCUT2D eigenvalue weighted by molar-refractivity contribution is 5.81. The minimum Gasteiger partial charge on any atom is -0.481 e. The van der Waals surface area contributed by atoms with Crippen LogP contribution >= 0.6 is 0 Å². The Morgan fingerprint density at radius 2 is 1.69 bits per heavy atom. The molecule has 2 saturated carbocycles. The Bertz CT molecular complexity index is 299. The van der Waals surface area contributed by atoms with Crippen LogP contribution in [0.15, 0.2) is 0 Å². The Hall–Kier alpha value is -1.06. The standard InChI is InChI=1S/C12H18O4/c1-16-12(15)10-6-8-4-2-3-7(8)5-9(10)11(13)14/h7-10H,2-6H2,1H3,(H,13,14)/t7-,8+,9+,10-/m0/s1. The van der Waals surface area contributed by atoms with Crippen molar-refractivity contribution in [2.45, 2.75) is 32.1 Å². The third kappa shape index (κ3) is 1.93. The summed E-state index contributed by atoms with van der Waals surface area (Å²) in [4.78, 5) is 22.8. The van der Waals surface area contributed by atoms with E-state index in [0.717, 1.165) is 12.8 Å². The number of carboxylic acids is 1. The molecular formula is C12H18O4. The monoisotopic (exact) mass is 226 g/mol. The number of hydrogen-bond donors (Lipinski definition) is 1. The molecule has 4 atom stereocenters. The van der Waals surface area contributed by atoms with Crippen molar-refractivity contribution in [1.29, 1.82) is 0 Å². The molecule has 2 rings (SSSR count). The molecule has 0 amide bonds. The van der Waals surface area contributed by atoms with Crippen molar-refractivity contribution >= 4 is 11.9 Å². The van der Waals surface area contributed by atoms with Crippen molar-refractivity contribution in [3.05, 3.63) is 0 Å². The Morgan fingerprint density at radius 3 is 2.19 bits per heavy atom. The summed E-state index contributed by atoms with van der Waals surface area (Å²) in [6, 6.07) is 0. The van der Waals surface area contributed by atoms with Gasteiger partial charge in [-0.2, -0.15) is 0 Å². The maximum Gasteiger partial charge on any atom is 0.309 e. The van der Waals surface area contributed by atoms with Gasteiger partial charge in [0.1, 0.15) is 0 Å². The molecule has 1 N–H and O–H groups in total. The van der Waals surface area contributed by atoms with Crippen LogP contribution in [0, 0.1) is 23.7 Å². The summed E-state index contributed by atoms with van der Waals surface area (Å²) in [6.07, 6.45) is 4.80. The van der Waals surface area contributed by atoms with Crippen molar-refractivity contribution in [2.75, 3.05) is 7.11 Å². The fourth-order valence-corrected chi connectivity index (χ4v) is 3.40. The van der Waals surface area contributed by atoms with Gasteiger partial charge in [0.05, 0.1) is 18.9 Å². The van der Waals surface area contributed by atoms with E-state index in [2.05, 4.69) is 0 Å². The number of rotatable bonds is 2. The molecule has 0 radical (unpaired) electrons. The molecule has 0 spiro atoms. The first-order valence-electron chi connectivity index (χ1n) is 5.94. The van der Waals surface area contributed by atoms with Gasteiger partial charge in [-0.1, -0.05) is 19.3 Å². The van der Waals surface area contributed by atoms with Gasteiger partial charge < -0.3 is 9.84 Å². The van der Waals surface area contributed by atoms with Gasteiger partial charge in [-0.15, -0.1) is 0 Å². The first-order chi connectivity index (χ1) is 7.63. The van der Waals surface area contributed by atoms with Gasteiger partial charge in [0.15, 0.2) is 0 Å². The normalized spacial score (nSPS) is 37.8. The quantitative estimate of drug-likeness (QED) is 0.728. The number of ether oxygens (including phenoxy) is 1. The van der Waals surface area contributed by atoms with Crippen LogP contribution in [0.5, 0.6) is 0 Å². The van der Waals surface area contributed by atoms with E-state index in [9.17, 15) is 9.59 Å². The fraction of sp³-hybridized carbons (Fsp3) is 0.833. The van der Waals surface area contributed by atoms with Crippen molar-refractivity contribution in [3.63, 3.8) is 0 Å². The van der Waals surface area contributed by atoms with Gasteiger partial charge >= 0.3 is 11.9 Å². The van der Waals surface area contributed by atoms with Crippen molar-refractivity contribution in [2.24, 2.45) is 23.7 Å². The third-order valence-electron chi connectivity index (χ3n) is 4.24. The maximum absolute atomic E-state index is 11.6. The highest BCUT2D eigenvalue weighted by Crippen LogP contribution is 2.47. The minimum atomic E-state index is -0.847. The number of carbonyl (C=O) groups is 2. The van der Waals surface area contributed by atoms with Gasteiger partial charge in [-0.25, -0.2) is 0 Å². The van der Waals surface area contributed by atoms with Gasteiger partial charge in [0.25, 0.3) is 0 Å². The molecule has 2 fully saturated rings. The van der Waals surface area contributed by atoms with E-state index < -0.39 is 17.8 Å². The second-order valence-corrected chi connectivity index (χ2v) is 5.00. The molecule has 0 aromatic carbocycles. The SMILES string of the molecule is COC(=O)[C@H]1C[C@H]2CCC[C@H]2C[C@H]1C(=O)O. The molecule has 2 aliphatic rings. The Morgan fingerprint density at radius 1 is 1.12 bits per heavy atom. The zero-order chi connectivity index (χ0) is 11.7. The van der Waals surface area contributed by atoms with E-state index in [-0.39, 0.29) is 5.97 Å². The van der Waals surface area contributed by atoms with E-state index in [1.807, 2.05) is 0 Å². The van der Waals surface area contributed by atoms with Crippen LogP contribution in [0.4, 0.5) is 0 Å². The minimum absolute atomic E-state index is 0.349. The number of methoxy groups -OCH3 is 1. The second kappa shape index (κ2) is 4.44. The molecule has 0 saturated heterocycles. The van der Waals surface area contributed by atoms with Crippen molar-refractivity contribution in [1.82, 2.24) is 0 Å². The number of carboxylic acid groups (broad SMARTS) is 1. The Kier molecular flexibility index (Phi) is 3.17. The molecule has 4 heteroatoms. The summed E-state index contributed by atoms with van der Waals surface area (Å²) >= 11 is 0. The van der Waals surface area contributed by atoms with E-state index in [1.54, 1.807) is 0 Å². The number of fused-ring (bicyclic) bond motifs is 1. The van der Waals surface area contributed by atoms with Crippen LogP contribution < -0.4 is 0 Å². The molecule has 0 heterocycles. The van der Waals surface area contributed by atoms with Crippen LogP contribution in [0.3, 0.4) is 0 Å². The molecule has 16 heavy (non-hydrogen) atoms. The van der Waals surface area contributed by atoms with Crippen molar-refractivity contribution in [3.8, 4) is 0 Å². The molecule has 0 unspecified atom stereocenters. The van der Waals surface area contributed by atoms with Gasteiger partial charge in [0, 0.05) is 0 Å². The maximum atomic E-state index is 11.6. The average molecular weight is 226 g/mol. The molecular weight excluding hydrogens is 208 g/mol. The van der Waals surface area contributed by atoms with E-state index >= 15 is 0 Å². The molecule has 0 aliphatic heterocycles. The lowest BCUT2D eigenvalue weighted by Crippen LogP contribution is -2.38. The highest BCUT2D eigenvalue weighted by Gasteiger charge is 2.45. The van der Waals surface area contributed by atoms with E-state index in [1.165, 1.54) is 13.5 Å². The molecule has 0 aromatic rings. The van der Waals surface area contributed by atoms with Gasteiger partial charge in [0.2, 0.25) is 0 Å². The van der Waals surface area contributed by atoms with Gasteiger partial charge in [-0.3, -0.25) is 9.59 Å². The van der Waals surface area contributed by atoms with Crippen LogP contribution in [0.25, 0.3) is 0 Å². The van der Waals surface area contributed by atoms with Crippen LogP contribution in [-0.4, -0.2) is 24.2 Å². The molecule has 2 aliphatic carbocycles. The van der Waals surface area contributed by atoms with Crippen LogP contribution in [0.2, 0.25) is 0 Å². The summed E-state index contributed by atoms with van der Waals surface area (Å²) in [7, 11) is 1.34. The highest BCUT2D eigenvalue weighted by atomic mass is 16.5. The summed E-state index contributed by atoms with van der Waals surface area (Å²) in [5, 5.41) is 9.17. The lowest BCUT2D eigenvalue weighted by atomic mass is 9.69. The lowest BCUT2D eigenvalue weighted by molar-refractivity contribution is -0.159. The number of esters is 1. The Labute approximate surface area is 95.0 Å². The smallest absolute Gasteiger partial charge is 0.309 e. The first-order valence-corrected chi connectivity index (χ1v) is 5.94. The largest absolute Gasteiger partial charge is 0.481 e. The summed E-state index contributed by atoms with van der Waals surface area (Å²) in [5.74, 6) is -1.10. The number of hydrogen-bond acceptors (Lipinski definition) is 3. The molecule has 0 bridgehead atoms. The van der Waals surface area contributed by atoms with E-state index in [0.29, 0.717) is 24.7 Å². The van der Waals surface area contributed by atoms with Crippen molar-refractivity contribution < 1.29 is 19.4 Å².